The summed E-state index contributed by atoms with van der Waals surface area (Å²) in [6.07, 6.45) is 0. The maximum Gasteiger partial charge on any atom is 0.328 e. The number of aryl methyl sites for hydroxylation is 2. The molecule has 0 radical (unpaired) electrons. The van der Waals surface area contributed by atoms with E-state index in [1.54, 1.807) is 0 Å². The van der Waals surface area contributed by atoms with Crippen LogP contribution in [0.1, 0.15) is 39.3 Å². The molecule has 12 aromatic rings. The fraction of sp³-hybridized carbons (Fsp3) is 0.143. The van der Waals surface area contributed by atoms with E-state index in [0.717, 1.165) is 88.7 Å². The third-order valence-corrected chi connectivity index (χ3v) is 15.3. The molecule has 4 aromatic heterocycles. The number of aromatic nitrogens is 6. The van der Waals surface area contributed by atoms with Crippen molar-refractivity contribution in [2.75, 3.05) is 13.2 Å². The van der Waals surface area contributed by atoms with Crippen LogP contribution in [0.15, 0.2) is 218 Å². The first-order valence-electron chi connectivity index (χ1n) is 28.0. The van der Waals surface area contributed by atoms with Gasteiger partial charge in [-0.1, -0.05) is 195 Å². The van der Waals surface area contributed by atoms with Gasteiger partial charge in [-0.3, -0.25) is 0 Å². The third kappa shape index (κ3) is 9.62. The van der Waals surface area contributed by atoms with Crippen molar-refractivity contribution in [1.82, 2.24) is 28.1 Å². The van der Waals surface area contributed by atoms with Crippen LogP contribution in [0.2, 0.25) is 0 Å². The largest absolute Gasteiger partial charge is 0.493 e. The molecule has 0 N–H and O–H groups in total. The normalized spacial score (nSPS) is 12.2. The predicted octanol–water partition coefficient (Wildman–Crippen LogP) is 10.7. The van der Waals surface area contributed by atoms with Gasteiger partial charge in [-0.15, -0.1) is 0 Å². The number of nitrogens with zero attached hydrogens (tertiary/aromatic N) is 8. The smallest absolute Gasteiger partial charge is 0.328 e. The number of nitriles is 1. The molecule has 0 bridgehead atoms. The Bertz CT molecular complexity index is 4130. The molecule has 0 saturated heterocycles. The SMILES string of the molecule is [C-]#[N+]/C(c1nc2ccccc2n1C)=c1\c2c(-c3ccc(OCC(C)C)cc3)n(B(c3ccccc3)c3ccccc3)/c(=C(/C#N)c3nc4ccccc4n3C)c2c(-c2ccc(OCC(C)C)cc2)n1B(c1ccccc1)c1ccccc1. The second-order valence-electron chi connectivity index (χ2n) is 21.7. The number of hydrogen-bond donors (Lipinski definition) is 0. The molecule has 12 rings (SSSR count). The van der Waals surface area contributed by atoms with Crippen molar-refractivity contribution in [3.8, 4) is 40.1 Å². The summed E-state index contributed by atoms with van der Waals surface area (Å²) in [5.74, 6) is 3.09. The van der Waals surface area contributed by atoms with Gasteiger partial charge in [-0.2, -0.15) is 5.26 Å². The predicted molar refractivity (Wildman–Crippen MR) is 336 cm³/mol. The first-order chi connectivity index (χ1) is 40.1. The van der Waals surface area contributed by atoms with Gasteiger partial charge in [0.15, 0.2) is 5.82 Å². The highest BCUT2D eigenvalue weighted by Gasteiger charge is 2.38. The van der Waals surface area contributed by atoms with Crippen LogP contribution in [0.25, 0.3) is 71.5 Å². The summed E-state index contributed by atoms with van der Waals surface area (Å²) in [6.45, 7) is 18.3. The van der Waals surface area contributed by atoms with E-state index in [1.165, 1.54) is 0 Å². The van der Waals surface area contributed by atoms with Gasteiger partial charge in [0, 0.05) is 41.6 Å². The first kappa shape index (κ1) is 52.7. The van der Waals surface area contributed by atoms with Gasteiger partial charge >= 0.3 is 13.7 Å². The number of benzene rings is 8. The summed E-state index contributed by atoms with van der Waals surface area (Å²) in [5, 5.41) is 15.2. The van der Waals surface area contributed by atoms with E-state index in [9.17, 15) is 11.8 Å². The Morgan fingerprint density at radius 2 is 0.841 bits per heavy atom. The van der Waals surface area contributed by atoms with Crippen LogP contribution in [-0.4, -0.2) is 55.0 Å². The highest BCUT2D eigenvalue weighted by molar-refractivity contribution is 6.85. The average molecular weight is 1070 g/mol. The van der Waals surface area contributed by atoms with Crippen molar-refractivity contribution in [2.24, 2.45) is 25.9 Å². The van der Waals surface area contributed by atoms with Gasteiger partial charge in [0.05, 0.1) is 47.2 Å². The fourth-order valence-electron chi connectivity index (χ4n) is 11.6. The highest BCUT2D eigenvalue weighted by atomic mass is 16.5. The van der Waals surface area contributed by atoms with Gasteiger partial charge in [0.2, 0.25) is 0 Å². The monoisotopic (exact) mass is 1070 g/mol. The zero-order valence-corrected chi connectivity index (χ0v) is 46.9. The number of para-hydroxylation sites is 4. The van der Waals surface area contributed by atoms with Crippen molar-refractivity contribution in [3.05, 3.63) is 252 Å². The van der Waals surface area contributed by atoms with Gasteiger partial charge in [0.1, 0.15) is 29.0 Å². The second-order valence-corrected chi connectivity index (χ2v) is 21.7. The summed E-state index contributed by atoms with van der Waals surface area (Å²) in [7, 11) is 3.98. The average Bonchev–Trinajstić information content (AvgIpc) is 1.91. The van der Waals surface area contributed by atoms with E-state index in [1.807, 2.05) is 120 Å². The third-order valence-electron chi connectivity index (χ3n) is 15.3. The molecule has 0 saturated carbocycles. The zero-order chi connectivity index (χ0) is 56.4. The van der Waals surface area contributed by atoms with Crippen LogP contribution < -0.4 is 42.0 Å². The van der Waals surface area contributed by atoms with Crippen molar-refractivity contribution in [1.29, 1.82) is 5.26 Å². The molecule has 0 amide bonds. The van der Waals surface area contributed by atoms with E-state index in [4.69, 9.17) is 24.3 Å². The Kier molecular flexibility index (Phi) is 14.5. The van der Waals surface area contributed by atoms with E-state index in [-0.39, 0.29) is 0 Å². The number of ether oxygens (including phenoxy) is 2. The van der Waals surface area contributed by atoms with Crippen molar-refractivity contribution in [3.63, 3.8) is 0 Å². The topological polar surface area (TPSA) is 92.1 Å². The molecule has 0 aliphatic rings. The lowest BCUT2D eigenvalue weighted by molar-refractivity contribution is 0.271. The minimum Gasteiger partial charge on any atom is -0.493 e. The summed E-state index contributed by atoms with van der Waals surface area (Å²) in [5.41, 5.74) is 11.2. The van der Waals surface area contributed by atoms with E-state index < -0.39 is 13.7 Å². The summed E-state index contributed by atoms with van der Waals surface area (Å²) in [4.78, 5) is 15.4. The zero-order valence-electron chi connectivity index (χ0n) is 46.9. The molecule has 398 valence electrons. The van der Waals surface area contributed by atoms with Crippen LogP contribution in [0.5, 0.6) is 11.5 Å². The van der Waals surface area contributed by atoms with E-state index in [2.05, 4.69) is 164 Å². The van der Waals surface area contributed by atoms with Crippen LogP contribution in [-0.2, 0) is 14.1 Å². The van der Waals surface area contributed by atoms with Gasteiger partial charge < -0.3 is 27.6 Å². The quantitative estimate of drug-likeness (QED) is 0.0710. The second kappa shape index (κ2) is 22.6. The molecule has 0 spiro atoms. The van der Waals surface area contributed by atoms with E-state index >= 15 is 0 Å². The molecule has 0 fully saturated rings. The van der Waals surface area contributed by atoms with Gasteiger partial charge in [-0.25, -0.2) is 14.8 Å². The number of imidazole rings is 2. The Hall–Kier alpha value is -10.0. The summed E-state index contributed by atoms with van der Waals surface area (Å²) < 4.78 is 21.6. The molecular weight excluding hydrogens is 1010 g/mol. The lowest BCUT2D eigenvalue weighted by atomic mass is 9.50. The van der Waals surface area contributed by atoms with Crippen LogP contribution in [0.3, 0.4) is 0 Å². The molecule has 0 aliphatic heterocycles. The molecule has 0 unspecified atom stereocenters. The minimum atomic E-state index is -0.540. The fourth-order valence-corrected chi connectivity index (χ4v) is 11.6. The summed E-state index contributed by atoms with van der Waals surface area (Å²) >= 11 is 0. The molecule has 12 heteroatoms. The number of hydrogen-bond acceptors (Lipinski definition) is 5. The van der Waals surface area contributed by atoms with Gasteiger partial charge in [0.25, 0.3) is 5.70 Å². The van der Waals surface area contributed by atoms with Gasteiger partial charge in [-0.05, 0) is 95.8 Å². The van der Waals surface area contributed by atoms with Crippen LogP contribution >= 0.6 is 0 Å². The Labute approximate surface area is 479 Å². The van der Waals surface area contributed by atoms with Crippen molar-refractivity contribution >= 4 is 79.7 Å². The van der Waals surface area contributed by atoms with Crippen molar-refractivity contribution < 1.29 is 9.47 Å². The molecule has 0 aliphatic carbocycles. The van der Waals surface area contributed by atoms with Crippen LogP contribution in [0.4, 0.5) is 0 Å². The molecule has 10 nitrogen and oxygen atoms in total. The number of fused-ring (bicyclic) bond motifs is 3. The molecule has 0 atom stereocenters. The lowest BCUT2D eigenvalue weighted by Crippen LogP contribution is -2.54. The Morgan fingerprint density at radius 3 is 1.22 bits per heavy atom. The maximum absolute atomic E-state index is 12.4. The van der Waals surface area contributed by atoms with Crippen molar-refractivity contribution in [2.45, 2.75) is 27.7 Å². The molecule has 4 heterocycles. The Morgan fingerprint density at radius 1 is 0.488 bits per heavy atom. The highest BCUT2D eigenvalue weighted by Crippen LogP contribution is 2.38. The molecule has 82 heavy (non-hydrogen) atoms. The standard InChI is InChI=1S/C70H60B2N8O2/c1-47(2)45-81-55-40-36-49(37-41-55)65-62-63(68(64(74-5)70-76-59-33-21-23-35-61(59)78(70)7)80(65)72(53-28-16-10-17-29-53)54-30-18-11-19-31-54)66(50-38-42-56(43-39-50)82-46-48(3)4)79(71(51-24-12-8-13-25-51)52-26-14-9-15-27-52)67(62)57(44-73)69-75-58-32-20-22-34-60(58)77(69)6/h8-43,47-48H,45-46H2,1-4,6-7H3/b67-57-,68-64+. The minimum absolute atomic E-state index is 0.309. The Balaban J connectivity index is 1.43. The lowest BCUT2D eigenvalue weighted by Gasteiger charge is -2.24. The number of rotatable bonds is 16. The van der Waals surface area contributed by atoms with Crippen LogP contribution in [0, 0.1) is 29.7 Å². The molecule has 8 aromatic carbocycles. The molecular formula is C70H60B2N8O2. The summed E-state index contributed by atoms with van der Waals surface area (Å²) in [6, 6.07) is 77.6. The first-order valence-corrected chi connectivity index (χ1v) is 28.0. The maximum atomic E-state index is 12.4. The van der Waals surface area contributed by atoms with E-state index in [0.29, 0.717) is 58.7 Å².